The summed E-state index contributed by atoms with van der Waals surface area (Å²) in [7, 11) is 0. The van der Waals surface area contributed by atoms with Gasteiger partial charge in [-0.2, -0.15) is 0 Å². The minimum atomic E-state index is -0.256. The first kappa shape index (κ1) is 13.0. The van der Waals surface area contributed by atoms with Gasteiger partial charge in [-0.3, -0.25) is 4.79 Å². The molecule has 1 N–H and O–H groups in total. The molecule has 0 aliphatic rings. The molecule has 0 unspecified atom stereocenters. The fourth-order valence-electron chi connectivity index (χ4n) is 1.41. The number of hydrogen-bond acceptors (Lipinski definition) is 4. The maximum absolute atomic E-state index is 11.9. The number of rotatable bonds is 4. The third-order valence-corrected chi connectivity index (χ3v) is 3.73. The Bertz CT molecular complexity index is 539. The van der Waals surface area contributed by atoms with E-state index in [0.29, 0.717) is 10.0 Å². The van der Waals surface area contributed by atoms with Gasteiger partial charge in [-0.05, 0) is 24.1 Å². The Morgan fingerprint density at radius 1 is 1.33 bits per heavy atom. The van der Waals surface area contributed by atoms with Crippen LogP contribution in [0.4, 0.5) is 5.69 Å². The number of halogens is 1. The van der Waals surface area contributed by atoms with Crippen molar-refractivity contribution in [3.63, 3.8) is 0 Å². The smallest absolute Gasteiger partial charge is 0.286 e. The highest BCUT2D eigenvalue weighted by Crippen LogP contribution is 2.15. The number of carbonyl (C=O) groups is 1. The molecule has 94 valence electrons. The lowest BCUT2D eigenvalue weighted by Gasteiger charge is -2.03. The zero-order chi connectivity index (χ0) is 13.0. The molecule has 1 amide bonds. The Labute approximate surface area is 114 Å². The second-order valence-electron chi connectivity index (χ2n) is 3.64. The maximum atomic E-state index is 11.9. The molecule has 0 aliphatic heterocycles. The van der Waals surface area contributed by atoms with Crippen molar-refractivity contribution in [1.82, 2.24) is 10.2 Å². The molecule has 0 radical (unpaired) electrons. The van der Waals surface area contributed by atoms with Crippen LogP contribution in [0.5, 0.6) is 0 Å². The lowest BCUT2D eigenvalue weighted by molar-refractivity contribution is 0.102. The summed E-state index contributed by atoms with van der Waals surface area (Å²) in [6, 6.07) is 7.72. The predicted octanol–water partition coefficient (Wildman–Crippen LogP) is 3.09. The van der Waals surface area contributed by atoms with E-state index in [2.05, 4.69) is 22.4 Å². The van der Waals surface area contributed by atoms with Crippen LogP contribution in [-0.2, 0) is 12.3 Å². The van der Waals surface area contributed by atoms with E-state index in [9.17, 15) is 4.79 Å². The van der Waals surface area contributed by atoms with Crippen molar-refractivity contribution >= 4 is 34.5 Å². The largest absolute Gasteiger partial charge is 0.320 e. The van der Waals surface area contributed by atoms with Gasteiger partial charge in [0.1, 0.15) is 5.01 Å². The normalized spacial score (nSPS) is 10.3. The van der Waals surface area contributed by atoms with Gasteiger partial charge in [-0.25, -0.2) is 0 Å². The summed E-state index contributed by atoms with van der Waals surface area (Å²) in [5, 5.41) is 11.3. The number of nitrogens with zero attached hydrogens (tertiary/aromatic N) is 2. The number of aryl methyl sites for hydroxylation is 1. The van der Waals surface area contributed by atoms with Gasteiger partial charge in [-0.1, -0.05) is 30.4 Å². The van der Waals surface area contributed by atoms with Gasteiger partial charge >= 0.3 is 0 Å². The molecular weight excluding hydrogens is 270 g/mol. The first-order valence-corrected chi connectivity index (χ1v) is 6.86. The third kappa shape index (κ3) is 3.05. The van der Waals surface area contributed by atoms with Crippen LogP contribution in [0, 0.1) is 0 Å². The number of alkyl halides is 1. The van der Waals surface area contributed by atoms with Crippen LogP contribution in [0.1, 0.15) is 27.3 Å². The van der Waals surface area contributed by atoms with Crippen molar-refractivity contribution < 1.29 is 4.79 Å². The van der Waals surface area contributed by atoms with Crippen LogP contribution in [0.15, 0.2) is 24.3 Å². The molecule has 6 heteroatoms. The lowest BCUT2D eigenvalue weighted by Crippen LogP contribution is -2.11. The summed E-state index contributed by atoms with van der Waals surface area (Å²) < 4.78 is 0. The molecule has 0 spiro atoms. The Morgan fingerprint density at radius 2 is 2.06 bits per heavy atom. The highest BCUT2D eigenvalue weighted by molar-refractivity contribution is 7.13. The van der Waals surface area contributed by atoms with Crippen molar-refractivity contribution in [1.29, 1.82) is 0 Å². The summed E-state index contributed by atoms with van der Waals surface area (Å²) in [5.41, 5.74) is 1.98. The van der Waals surface area contributed by atoms with Crippen LogP contribution >= 0.6 is 22.9 Å². The summed E-state index contributed by atoms with van der Waals surface area (Å²) >= 11 is 6.82. The first-order chi connectivity index (χ1) is 8.72. The van der Waals surface area contributed by atoms with E-state index >= 15 is 0 Å². The number of amides is 1. The van der Waals surface area contributed by atoms with Crippen LogP contribution < -0.4 is 5.32 Å². The zero-order valence-corrected chi connectivity index (χ0v) is 11.4. The minimum Gasteiger partial charge on any atom is -0.320 e. The quantitative estimate of drug-likeness (QED) is 0.876. The second kappa shape index (κ2) is 5.93. The van der Waals surface area contributed by atoms with E-state index in [0.717, 1.165) is 12.1 Å². The Morgan fingerprint density at radius 3 is 2.61 bits per heavy atom. The van der Waals surface area contributed by atoms with E-state index in [1.165, 1.54) is 16.9 Å². The third-order valence-electron chi connectivity index (χ3n) is 2.40. The number of aromatic nitrogens is 2. The molecule has 0 bridgehead atoms. The van der Waals surface area contributed by atoms with Gasteiger partial charge in [0, 0.05) is 5.69 Å². The van der Waals surface area contributed by atoms with Gasteiger partial charge < -0.3 is 5.32 Å². The van der Waals surface area contributed by atoms with Crippen molar-refractivity contribution in [2.75, 3.05) is 5.32 Å². The van der Waals surface area contributed by atoms with Gasteiger partial charge in [0.05, 0.1) is 5.88 Å². The highest BCUT2D eigenvalue weighted by atomic mass is 35.5. The van der Waals surface area contributed by atoms with Crippen LogP contribution in [0.25, 0.3) is 0 Å². The Kier molecular flexibility index (Phi) is 4.28. The van der Waals surface area contributed by atoms with Crippen molar-refractivity contribution in [3.05, 3.63) is 39.8 Å². The predicted molar refractivity (Wildman–Crippen MR) is 73.2 cm³/mol. The molecule has 0 fully saturated rings. The number of nitrogens with one attached hydrogen (secondary N) is 1. The minimum absolute atomic E-state index is 0.256. The molecule has 1 aromatic carbocycles. The zero-order valence-electron chi connectivity index (χ0n) is 9.81. The molecule has 4 nitrogen and oxygen atoms in total. The van der Waals surface area contributed by atoms with Gasteiger partial charge in [0.25, 0.3) is 5.91 Å². The standard InChI is InChI=1S/C12H12ClN3OS/c1-2-8-3-5-9(6-4-8)14-11(17)12-16-15-10(7-13)18-12/h3-6H,2,7H2,1H3,(H,14,17). The fraction of sp³-hybridized carbons (Fsp3) is 0.250. The molecule has 2 aromatic rings. The molecule has 1 aromatic heterocycles. The van der Waals surface area contributed by atoms with E-state index in [1.807, 2.05) is 24.3 Å². The summed E-state index contributed by atoms with van der Waals surface area (Å²) in [6.45, 7) is 2.09. The summed E-state index contributed by atoms with van der Waals surface area (Å²) in [5.74, 6) is 0.0176. The highest BCUT2D eigenvalue weighted by Gasteiger charge is 2.12. The molecule has 0 atom stereocenters. The topological polar surface area (TPSA) is 54.9 Å². The lowest BCUT2D eigenvalue weighted by atomic mass is 10.1. The maximum Gasteiger partial charge on any atom is 0.286 e. The van der Waals surface area contributed by atoms with Crippen molar-refractivity contribution in [2.45, 2.75) is 19.2 Å². The fourth-order valence-corrected chi connectivity index (χ4v) is 2.21. The van der Waals surface area contributed by atoms with E-state index in [1.54, 1.807) is 0 Å². The summed E-state index contributed by atoms with van der Waals surface area (Å²) in [6.07, 6.45) is 0.976. The van der Waals surface area contributed by atoms with Crippen LogP contribution in [0.2, 0.25) is 0 Å². The average molecular weight is 282 g/mol. The van der Waals surface area contributed by atoms with Crippen LogP contribution in [-0.4, -0.2) is 16.1 Å². The van der Waals surface area contributed by atoms with Gasteiger partial charge in [0.15, 0.2) is 0 Å². The van der Waals surface area contributed by atoms with Gasteiger partial charge in [0.2, 0.25) is 5.01 Å². The monoisotopic (exact) mass is 281 g/mol. The molecule has 0 aliphatic carbocycles. The van der Waals surface area contributed by atoms with Crippen molar-refractivity contribution in [3.8, 4) is 0 Å². The summed E-state index contributed by atoms with van der Waals surface area (Å²) in [4.78, 5) is 11.9. The number of hydrogen-bond donors (Lipinski definition) is 1. The molecule has 0 saturated carbocycles. The number of carbonyl (C=O) groups excluding carboxylic acids is 1. The van der Waals surface area contributed by atoms with Crippen molar-refractivity contribution in [2.24, 2.45) is 0 Å². The number of benzene rings is 1. The number of anilines is 1. The van der Waals surface area contributed by atoms with Gasteiger partial charge in [-0.15, -0.1) is 21.8 Å². The van der Waals surface area contributed by atoms with E-state index in [-0.39, 0.29) is 11.8 Å². The molecule has 18 heavy (non-hydrogen) atoms. The average Bonchev–Trinajstić information content (AvgIpc) is 2.88. The second-order valence-corrected chi connectivity index (χ2v) is 4.97. The Balaban J connectivity index is 2.06. The Hall–Kier alpha value is -1.46. The first-order valence-electron chi connectivity index (χ1n) is 5.51. The molecule has 2 rings (SSSR count). The molecule has 0 saturated heterocycles. The molecular formula is C12H12ClN3OS. The SMILES string of the molecule is CCc1ccc(NC(=O)c2nnc(CCl)s2)cc1. The molecule has 1 heterocycles. The van der Waals surface area contributed by atoms with E-state index in [4.69, 9.17) is 11.6 Å². The van der Waals surface area contributed by atoms with E-state index < -0.39 is 0 Å². The van der Waals surface area contributed by atoms with Crippen LogP contribution in [0.3, 0.4) is 0 Å².